The highest BCUT2D eigenvalue weighted by atomic mass is 16.7. The molecule has 1 rings (SSSR count). The minimum absolute atomic E-state index is 0.219. The Kier molecular flexibility index (Phi) is 5.57. The van der Waals surface area contributed by atoms with Gasteiger partial charge in [0.25, 0.3) is 0 Å². The molecule has 0 aromatic heterocycles. The second-order valence-electron chi connectivity index (χ2n) is 3.60. The second-order valence-corrected chi connectivity index (χ2v) is 3.60. The Morgan fingerprint density at radius 3 is 2.50 bits per heavy atom. The fourth-order valence-electron chi connectivity index (χ4n) is 1.27. The summed E-state index contributed by atoms with van der Waals surface area (Å²) in [5.74, 6) is 1.01. The Balaban J connectivity index is 2.38. The van der Waals surface area contributed by atoms with Crippen LogP contribution < -0.4 is 4.74 Å². The van der Waals surface area contributed by atoms with Gasteiger partial charge in [-0.05, 0) is 38.0 Å². The van der Waals surface area contributed by atoms with Crippen molar-refractivity contribution in [3.8, 4) is 5.75 Å². The van der Waals surface area contributed by atoms with E-state index in [0.29, 0.717) is 13.0 Å². The van der Waals surface area contributed by atoms with Crippen molar-refractivity contribution in [1.29, 1.82) is 0 Å². The molecule has 3 nitrogen and oxygen atoms in total. The van der Waals surface area contributed by atoms with Crippen LogP contribution in [0.1, 0.15) is 25.8 Å². The third-order valence-corrected chi connectivity index (χ3v) is 2.20. The van der Waals surface area contributed by atoms with Crippen LogP contribution >= 0.6 is 0 Å². The average Bonchev–Trinajstić information content (AvgIpc) is 2.28. The van der Waals surface area contributed by atoms with Crippen molar-refractivity contribution >= 4 is 5.78 Å². The summed E-state index contributed by atoms with van der Waals surface area (Å²) in [7, 11) is 0. The Labute approximate surface area is 96.4 Å². The number of ether oxygens (including phenoxy) is 2. The fraction of sp³-hybridized carbons (Fsp3) is 0.462. The molecule has 0 fully saturated rings. The van der Waals surface area contributed by atoms with Gasteiger partial charge in [-0.1, -0.05) is 12.1 Å². The monoisotopic (exact) mass is 222 g/mol. The highest BCUT2D eigenvalue weighted by Crippen LogP contribution is 2.13. The molecule has 0 aliphatic carbocycles. The molecular weight excluding hydrogens is 204 g/mol. The zero-order chi connectivity index (χ0) is 11.8. The van der Waals surface area contributed by atoms with Crippen molar-refractivity contribution in [2.75, 3.05) is 13.4 Å². The average molecular weight is 222 g/mol. The van der Waals surface area contributed by atoms with Crippen molar-refractivity contribution in [3.63, 3.8) is 0 Å². The van der Waals surface area contributed by atoms with Crippen LogP contribution in [0.2, 0.25) is 0 Å². The van der Waals surface area contributed by atoms with Gasteiger partial charge in [0, 0.05) is 13.0 Å². The minimum Gasteiger partial charge on any atom is -0.468 e. The lowest BCUT2D eigenvalue weighted by atomic mass is 10.1. The van der Waals surface area contributed by atoms with Gasteiger partial charge in [0.1, 0.15) is 11.5 Å². The van der Waals surface area contributed by atoms with Gasteiger partial charge in [-0.2, -0.15) is 0 Å². The lowest BCUT2D eigenvalue weighted by Gasteiger charge is -2.06. The largest absolute Gasteiger partial charge is 0.468 e. The van der Waals surface area contributed by atoms with Gasteiger partial charge >= 0.3 is 0 Å². The number of rotatable bonds is 7. The maximum atomic E-state index is 10.8. The highest BCUT2D eigenvalue weighted by molar-refractivity contribution is 5.75. The summed E-state index contributed by atoms with van der Waals surface area (Å²) < 4.78 is 10.4. The molecular formula is C13H18O3. The van der Waals surface area contributed by atoms with E-state index < -0.39 is 0 Å². The predicted molar refractivity (Wildman–Crippen MR) is 62.6 cm³/mol. The van der Waals surface area contributed by atoms with Crippen molar-refractivity contribution in [1.82, 2.24) is 0 Å². The van der Waals surface area contributed by atoms with Gasteiger partial charge in [0.05, 0.1) is 0 Å². The third kappa shape index (κ3) is 4.94. The number of carbonyl (C=O) groups excluding carboxylic acids is 1. The van der Waals surface area contributed by atoms with Gasteiger partial charge in [-0.15, -0.1) is 0 Å². The summed E-state index contributed by atoms with van der Waals surface area (Å²) in [5.41, 5.74) is 1.15. The van der Waals surface area contributed by atoms with Crippen LogP contribution in [0.5, 0.6) is 5.75 Å². The van der Waals surface area contributed by atoms with Crippen molar-refractivity contribution in [2.24, 2.45) is 0 Å². The number of Topliss-reactive ketones (excluding diaryl/α,β-unsaturated/α-hetero) is 1. The van der Waals surface area contributed by atoms with Gasteiger partial charge in [-0.3, -0.25) is 0 Å². The first kappa shape index (κ1) is 12.7. The SMILES string of the molecule is CCOCOc1ccc(CCC(C)=O)cc1. The maximum Gasteiger partial charge on any atom is 0.189 e. The van der Waals surface area contributed by atoms with Gasteiger partial charge < -0.3 is 14.3 Å². The molecule has 3 heteroatoms. The number of ketones is 1. The summed E-state index contributed by atoms with van der Waals surface area (Å²) in [4.78, 5) is 10.8. The first-order valence-corrected chi connectivity index (χ1v) is 5.51. The molecule has 0 saturated heterocycles. The number of aryl methyl sites for hydroxylation is 1. The molecule has 0 saturated carbocycles. The number of hydrogen-bond donors (Lipinski definition) is 0. The lowest BCUT2D eigenvalue weighted by Crippen LogP contribution is -2.02. The molecule has 1 aromatic carbocycles. The van der Waals surface area contributed by atoms with E-state index in [4.69, 9.17) is 9.47 Å². The molecule has 0 atom stereocenters. The lowest BCUT2D eigenvalue weighted by molar-refractivity contribution is -0.116. The number of carbonyl (C=O) groups is 1. The molecule has 88 valence electrons. The fourth-order valence-corrected chi connectivity index (χ4v) is 1.27. The molecule has 0 spiro atoms. The Morgan fingerprint density at radius 1 is 1.25 bits per heavy atom. The molecule has 0 amide bonds. The van der Waals surface area contributed by atoms with E-state index in [1.54, 1.807) is 6.92 Å². The molecule has 0 unspecified atom stereocenters. The third-order valence-electron chi connectivity index (χ3n) is 2.20. The zero-order valence-corrected chi connectivity index (χ0v) is 9.86. The highest BCUT2D eigenvalue weighted by Gasteiger charge is 1.98. The summed E-state index contributed by atoms with van der Waals surface area (Å²) in [6.07, 6.45) is 1.39. The summed E-state index contributed by atoms with van der Waals surface area (Å²) in [6.45, 7) is 4.47. The van der Waals surface area contributed by atoms with Crippen LogP contribution in [0.4, 0.5) is 0 Å². The Morgan fingerprint density at radius 2 is 1.94 bits per heavy atom. The molecule has 0 heterocycles. The van der Waals surface area contributed by atoms with Crippen LogP contribution in [-0.2, 0) is 16.0 Å². The molecule has 0 N–H and O–H groups in total. The van der Waals surface area contributed by atoms with Gasteiger partial charge in [0.15, 0.2) is 6.79 Å². The number of hydrogen-bond acceptors (Lipinski definition) is 3. The van der Waals surface area contributed by atoms with Gasteiger partial charge in [0.2, 0.25) is 0 Å². The van der Waals surface area contributed by atoms with Crippen LogP contribution in [0.15, 0.2) is 24.3 Å². The first-order chi connectivity index (χ1) is 7.72. The van der Waals surface area contributed by atoms with Gasteiger partial charge in [-0.25, -0.2) is 0 Å². The van der Waals surface area contributed by atoms with Crippen molar-refractivity contribution in [3.05, 3.63) is 29.8 Å². The van der Waals surface area contributed by atoms with E-state index in [0.717, 1.165) is 17.7 Å². The van der Waals surface area contributed by atoms with Crippen LogP contribution in [0.3, 0.4) is 0 Å². The molecule has 0 aliphatic rings. The van der Waals surface area contributed by atoms with Crippen molar-refractivity contribution in [2.45, 2.75) is 26.7 Å². The number of benzene rings is 1. The standard InChI is InChI=1S/C13H18O3/c1-3-15-10-16-13-8-6-12(7-9-13)5-4-11(2)14/h6-9H,3-5,10H2,1-2H3. The Bertz CT molecular complexity index is 316. The van der Waals surface area contributed by atoms with Crippen LogP contribution in [0, 0.1) is 0 Å². The molecule has 1 aromatic rings. The molecule has 0 bridgehead atoms. The van der Waals surface area contributed by atoms with E-state index in [1.807, 2.05) is 31.2 Å². The summed E-state index contributed by atoms with van der Waals surface area (Å²) in [5, 5.41) is 0. The summed E-state index contributed by atoms with van der Waals surface area (Å²) in [6, 6.07) is 7.75. The smallest absolute Gasteiger partial charge is 0.189 e. The van der Waals surface area contributed by atoms with Crippen LogP contribution in [0.25, 0.3) is 0 Å². The van der Waals surface area contributed by atoms with E-state index in [1.165, 1.54) is 0 Å². The summed E-state index contributed by atoms with van der Waals surface area (Å²) >= 11 is 0. The van der Waals surface area contributed by atoms with E-state index >= 15 is 0 Å². The van der Waals surface area contributed by atoms with E-state index in [2.05, 4.69) is 0 Å². The van der Waals surface area contributed by atoms with E-state index in [-0.39, 0.29) is 12.6 Å². The first-order valence-electron chi connectivity index (χ1n) is 5.51. The minimum atomic E-state index is 0.219. The normalized spacial score (nSPS) is 10.1. The second kappa shape index (κ2) is 7.01. The maximum absolute atomic E-state index is 10.8. The van der Waals surface area contributed by atoms with Crippen molar-refractivity contribution < 1.29 is 14.3 Å². The molecule has 16 heavy (non-hydrogen) atoms. The predicted octanol–water partition coefficient (Wildman–Crippen LogP) is 2.58. The van der Waals surface area contributed by atoms with Crippen LogP contribution in [-0.4, -0.2) is 19.2 Å². The topological polar surface area (TPSA) is 35.5 Å². The quantitative estimate of drug-likeness (QED) is 0.525. The molecule has 0 radical (unpaired) electrons. The Hall–Kier alpha value is -1.35. The molecule has 0 aliphatic heterocycles. The zero-order valence-electron chi connectivity index (χ0n) is 9.86. The van der Waals surface area contributed by atoms with E-state index in [9.17, 15) is 4.79 Å².